The van der Waals surface area contributed by atoms with Crippen LogP contribution in [0.25, 0.3) is 5.57 Å². The fourth-order valence-corrected chi connectivity index (χ4v) is 5.89. The van der Waals surface area contributed by atoms with Gasteiger partial charge in [-0.3, -0.25) is 0 Å². The van der Waals surface area contributed by atoms with E-state index in [1.54, 1.807) is 22.5 Å². The topological polar surface area (TPSA) is 161 Å². The van der Waals surface area contributed by atoms with Crippen LogP contribution >= 0.6 is 0 Å². The molecule has 1 aliphatic carbocycles. The summed E-state index contributed by atoms with van der Waals surface area (Å²) in [5, 5.41) is 8.11. The lowest BCUT2D eigenvalue weighted by Crippen LogP contribution is -2.37. The van der Waals surface area contributed by atoms with E-state index in [1.165, 1.54) is 12.1 Å². The molecule has 1 aromatic heterocycles. The highest BCUT2D eigenvalue weighted by molar-refractivity contribution is 7.90. The Morgan fingerprint density at radius 3 is 2.41 bits per heavy atom. The molecular formula is C20H26N6O4S2. The zero-order valence-corrected chi connectivity index (χ0v) is 19.1. The van der Waals surface area contributed by atoms with Crippen LogP contribution in [0.2, 0.25) is 0 Å². The van der Waals surface area contributed by atoms with E-state index in [2.05, 4.69) is 15.3 Å². The summed E-state index contributed by atoms with van der Waals surface area (Å²) in [6.07, 6.45) is 4.60. The van der Waals surface area contributed by atoms with Crippen LogP contribution in [-0.4, -0.2) is 56.0 Å². The van der Waals surface area contributed by atoms with Gasteiger partial charge < -0.3 is 11.1 Å². The largest absolute Gasteiger partial charge is 0.370 e. The standard InChI is InChI=1S/C20H26N6O4S2/c21-20-24-18(15-8-11-26(12-9-15)32(29,30)17-5-6-17)13-19(25-20)23-10-7-14-1-3-16(4-2-14)31(22,27)28/h1-4,8,13,17H,5-7,9-12H2,(H2,22,27,28)(H3,21,23,24,25). The molecule has 1 aliphatic heterocycles. The highest BCUT2D eigenvalue weighted by Crippen LogP contribution is 2.33. The van der Waals surface area contributed by atoms with Crippen LogP contribution in [0.5, 0.6) is 0 Å². The van der Waals surface area contributed by atoms with E-state index >= 15 is 0 Å². The van der Waals surface area contributed by atoms with Gasteiger partial charge in [-0.15, -0.1) is 0 Å². The smallest absolute Gasteiger partial charge is 0.238 e. The molecule has 0 atom stereocenters. The highest BCUT2D eigenvalue weighted by Gasteiger charge is 2.40. The molecule has 2 heterocycles. The van der Waals surface area contributed by atoms with Crippen LogP contribution in [-0.2, 0) is 26.5 Å². The molecule has 1 saturated carbocycles. The molecule has 12 heteroatoms. The SMILES string of the molecule is Nc1nc(NCCc2ccc(S(N)(=O)=O)cc2)cc(C2=CCN(S(=O)(=O)C3CC3)CC2)n1. The average molecular weight is 479 g/mol. The maximum Gasteiger partial charge on any atom is 0.238 e. The average Bonchev–Trinajstić information content (AvgIpc) is 3.59. The minimum absolute atomic E-state index is 0.0756. The molecule has 2 aromatic rings. The van der Waals surface area contributed by atoms with Crippen molar-refractivity contribution in [2.45, 2.75) is 35.8 Å². The molecule has 172 valence electrons. The summed E-state index contributed by atoms with van der Waals surface area (Å²) >= 11 is 0. The lowest BCUT2D eigenvalue weighted by molar-refractivity contribution is 0.440. The molecule has 0 spiro atoms. The Balaban J connectivity index is 1.38. The minimum Gasteiger partial charge on any atom is -0.370 e. The summed E-state index contributed by atoms with van der Waals surface area (Å²) in [4.78, 5) is 8.61. The van der Waals surface area contributed by atoms with Gasteiger partial charge in [-0.2, -0.15) is 9.29 Å². The van der Waals surface area contributed by atoms with Gasteiger partial charge in [-0.25, -0.2) is 27.0 Å². The summed E-state index contributed by atoms with van der Waals surface area (Å²) in [5.74, 6) is 0.707. The van der Waals surface area contributed by atoms with Gasteiger partial charge >= 0.3 is 0 Å². The van der Waals surface area contributed by atoms with E-state index in [1.807, 2.05) is 6.08 Å². The van der Waals surface area contributed by atoms with Gasteiger partial charge in [-0.1, -0.05) is 18.2 Å². The van der Waals surface area contributed by atoms with Crippen LogP contribution in [0.4, 0.5) is 11.8 Å². The van der Waals surface area contributed by atoms with Crippen molar-refractivity contribution in [2.75, 3.05) is 30.7 Å². The summed E-state index contributed by atoms with van der Waals surface area (Å²) in [6, 6.07) is 8.20. The number of nitrogens with two attached hydrogens (primary N) is 2. The first-order chi connectivity index (χ1) is 15.1. The third kappa shape index (κ3) is 5.26. The molecule has 32 heavy (non-hydrogen) atoms. The number of anilines is 2. The number of sulfonamides is 2. The van der Waals surface area contributed by atoms with Gasteiger partial charge in [0.2, 0.25) is 26.0 Å². The molecule has 2 aliphatic rings. The first-order valence-electron chi connectivity index (χ1n) is 10.3. The number of rotatable bonds is 8. The number of primary sulfonamides is 1. The Morgan fingerprint density at radius 2 is 1.81 bits per heavy atom. The lowest BCUT2D eigenvalue weighted by Gasteiger charge is -2.25. The number of hydrogen-bond acceptors (Lipinski definition) is 8. The Hall–Kier alpha value is -2.54. The van der Waals surface area contributed by atoms with E-state index in [4.69, 9.17) is 10.9 Å². The molecule has 0 amide bonds. The molecule has 1 aromatic carbocycles. The number of nitrogens with zero attached hydrogens (tertiary/aromatic N) is 3. The summed E-state index contributed by atoms with van der Waals surface area (Å²) < 4.78 is 49.0. The van der Waals surface area contributed by atoms with Crippen LogP contribution in [0.1, 0.15) is 30.5 Å². The van der Waals surface area contributed by atoms with Crippen molar-refractivity contribution in [3.63, 3.8) is 0 Å². The van der Waals surface area contributed by atoms with E-state index in [0.717, 1.165) is 24.0 Å². The number of hydrogen-bond donors (Lipinski definition) is 3. The highest BCUT2D eigenvalue weighted by atomic mass is 32.2. The van der Waals surface area contributed by atoms with Crippen molar-refractivity contribution in [2.24, 2.45) is 5.14 Å². The van der Waals surface area contributed by atoms with Gasteiger partial charge in [0.15, 0.2) is 0 Å². The quantitative estimate of drug-likeness (QED) is 0.505. The molecule has 4 rings (SSSR count). The first kappa shape index (κ1) is 22.6. The molecule has 0 saturated heterocycles. The number of nitrogens with one attached hydrogen (secondary N) is 1. The van der Waals surface area contributed by atoms with Gasteiger partial charge in [0, 0.05) is 25.7 Å². The van der Waals surface area contributed by atoms with Crippen molar-refractivity contribution < 1.29 is 16.8 Å². The van der Waals surface area contributed by atoms with Crippen molar-refractivity contribution in [3.8, 4) is 0 Å². The fourth-order valence-electron chi connectivity index (χ4n) is 3.59. The summed E-state index contributed by atoms with van der Waals surface area (Å²) in [6.45, 7) is 1.33. The monoisotopic (exact) mass is 478 g/mol. The Labute approximate surface area is 187 Å². The second-order valence-corrected chi connectivity index (χ2v) is 11.7. The van der Waals surface area contributed by atoms with Crippen molar-refractivity contribution in [3.05, 3.63) is 47.7 Å². The van der Waals surface area contributed by atoms with E-state index < -0.39 is 20.0 Å². The second-order valence-electron chi connectivity index (χ2n) is 7.94. The zero-order chi connectivity index (χ0) is 22.9. The summed E-state index contributed by atoms with van der Waals surface area (Å²) in [5.41, 5.74) is 8.46. The van der Waals surface area contributed by atoms with Gasteiger partial charge in [0.05, 0.1) is 15.8 Å². The second kappa shape index (κ2) is 8.77. The fraction of sp³-hybridized carbons (Fsp3) is 0.400. The molecule has 0 unspecified atom stereocenters. The van der Waals surface area contributed by atoms with Gasteiger partial charge in [0.25, 0.3) is 0 Å². The van der Waals surface area contributed by atoms with Gasteiger partial charge in [-0.05, 0) is 49.0 Å². The lowest BCUT2D eigenvalue weighted by atomic mass is 10.1. The van der Waals surface area contributed by atoms with Crippen molar-refractivity contribution >= 4 is 37.4 Å². The molecular weight excluding hydrogens is 452 g/mol. The zero-order valence-electron chi connectivity index (χ0n) is 17.4. The number of benzene rings is 1. The van der Waals surface area contributed by atoms with E-state index in [0.29, 0.717) is 44.0 Å². The third-order valence-electron chi connectivity index (χ3n) is 5.52. The van der Waals surface area contributed by atoms with E-state index in [9.17, 15) is 16.8 Å². The van der Waals surface area contributed by atoms with Crippen molar-refractivity contribution in [1.29, 1.82) is 0 Å². The molecule has 10 nitrogen and oxygen atoms in total. The van der Waals surface area contributed by atoms with Gasteiger partial charge in [0.1, 0.15) is 5.82 Å². The summed E-state index contributed by atoms with van der Waals surface area (Å²) in [7, 11) is -6.89. The molecule has 5 N–H and O–H groups in total. The Kier molecular flexibility index (Phi) is 6.21. The maximum absolute atomic E-state index is 12.4. The maximum atomic E-state index is 12.4. The Bertz CT molecular complexity index is 1240. The number of aromatic nitrogens is 2. The van der Waals surface area contributed by atoms with E-state index in [-0.39, 0.29) is 16.1 Å². The predicted molar refractivity (Wildman–Crippen MR) is 123 cm³/mol. The first-order valence-corrected chi connectivity index (χ1v) is 13.4. The van der Waals surface area contributed by atoms with Crippen LogP contribution in [0, 0.1) is 0 Å². The normalized spacial score (nSPS) is 17.7. The van der Waals surface area contributed by atoms with Crippen LogP contribution in [0.15, 0.2) is 41.3 Å². The third-order valence-corrected chi connectivity index (χ3v) is 8.82. The van der Waals surface area contributed by atoms with Crippen molar-refractivity contribution in [1.82, 2.24) is 14.3 Å². The Morgan fingerprint density at radius 1 is 1.09 bits per heavy atom. The van der Waals surface area contributed by atoms with Crippen LogP contribution < -0.4 is 16.2 Å². The van der Waals surface area contributed by atoms with Crippen LogP contribution in [0.3, 0.4) is 0 Å². The predicted octanol–water partition coefficient (Wildman–Crippen LogP) is 0.942. The molecule has 0 radical (unpaired) electrons. The minimum atomic E-state index is -3.70. The molecule has 1 fully saturated rings. The molecule has 0 bridgehead atoms. The number of nitrogen functional groups attached to an aromatic ring is 1.